The highest BCUT2D eigenvalue weighted by Gasteiger charge is 2.20. The van der Waals surface area contributed by atoms with Crippen molar-refractivity contribution < 1.29 is 22.7 Å². The average molecular weight is 261 g/mol. The third-order valence-corrected chi connectivity index (χ3v) is 2.39. The van der Waals surface area contributed by atoms with Gasteiger partial charge in [0.25, 0.3) is 0 Å². The van der Waals surface area contributed by atoms with Gasteiger partial charge in [-0.1, -0.05) is 19.9 Å². The van der Waals surface area contributed by atoms with E-state index >= 15 is 0 Å². The summed E-state index contributed by atoms with van der Waals surface area (Å²) in [6, 6.07) is 2.45. The minimum absolute atomic E-state index is 0.139. The van der Waals surface area contributed by atoms with Crippen LogP contribution in [0.3, 0.4) is 0 Å². The maximum Gasteiger partial charge on any atom is 0.387 e. The molecule has 100 valence electrons. The Kier molecular flexibility index (Phi) is 4.58. The van der Waals surface area contributed by atoms with E-state index in [0.717, 1.165) is 6.07 Å². The lowest BCUT2D eigenvalue weighted by molar-refractivity contribution is -0.117. The minimum atomic E-state index is -3.10. The van der Waals surface area contributed by atoms with Crippen LogP contribution < -0.4 is 10.5 Å². The van der Waals surface area contributed by atoms with E-state index in [1.807, 2.05) is 0 Å². The van der Waals surface area contributed by atoms with E-state index in [9.17, 15) is 18.0 Å². The van der Waals surface area contributed by atoms with Gasteiger partial charge in [0.1, 0.15) is 0 Å². The molecule has 0 radical (unpaired) electrons. The van der Waals surface area contributed by atoms with Gasteiger partial charge in [-0.15, -0.1) is 0 Å². The number of carbonyl (C=O) groups is 1. The minimum Gasteiger partial charge on any atom is -0.432 e. The Morgan fingerprint density at radius 1 is 1.39 bits per heavy atom. The number of carbonyl (C=O) groups excluding carboxylic acids is 1. The number of rotatable bonds is 5. The zero-order valence-electron chi connectivity index (χ0n) is 10.0. The first kappa shape index (κ1) is 14.3. The standard InChI is InChI=1S/C12H14F3NO2/c1-6(2)10-7(5-9(16)17)3-4-8(11(10)13)18-12(14)15/h3-4,6,12H,5H2,1-2H3,(H2,16,17). The van der Waals surface area contributed by atoms with Crippen LogP contribution in [0, 0.1) is 5.82 Å². The van der Waals surface area contributed by atoms with Crippen molar-refractivity contribution >= 4 is 5.91 Å². The lowest BCUT2D eigenvalue weighted by atomic mass is 9.94. The smallest absolute Gasteiger partial charge is 0.387 e. The zero-order valence-corrected chi connectivity index (χ0v) is 10.0. The fraction of sp³-hybridized carbons (Fsp3) is 0.417. The van der Waals surface area contributed by atoms with Gasteiger partial charge in [0.15, 0.2) is 11.6 Å². The molecule has 1 amide bonds. The predicted molar refractivity (Wildman–Crippen MR) is 60.0 cm³/mol. The van der Waals surface area contributed by atoms with Gasteiger partial charge in [0.2, 0.25) is 5.91 Å². The molecule has 0 spiro atoms. The van der Waals surface area contributed by atoms with Crippen LogP contribution in [0.1, 0.15) is 30.9 Å². The van der Waals surface area contributed by atoms with Crippen LogP contribution in [0.4, 0.5) is 13.2 Å². The molecule has 0 saturated carbocycles. The van der Waals surface area contributed by atoms with Crippen molar-refractivity contribution in [1.82, 2.24) is 0 Å². The molecule has 1 aromatic carbocycles. The van der Waals surface area contributed by atoms with Crippen molar-refractivity contribution in [3.05, 3.63) is 29.1 Å². The van der Waals surface area contributed by atoms with Crippen LogP contribution in [-0.2, 0) is 11.2 Å². The predicted octanol–water partition coefficient (Wildman–Crippen LogP) is 2.58. The molecule has 1 rings (SSSR count). The molecular formula is C12H14F3NO2. The first-order chi connectivity index (χ1) is 8.32. The van der Waals surface area contributed by atoms with Gasteiger partial charge in [0.05, 0.1) is 6.42 Å². The Morgan fingerprint density at radius 3 is 2.44 bits per heavy atom. The van der Waals surface area contributed by atoms with Crippen molar-refractivity contribution in [3.63, 3.8) is 0 Å². The van der Waals surface area contributed by atoms with Gasteiger partial charge < -0.3 is 10.5 Å². The lowest BCUT2D eigenvalue weighted by Crippen LogP contribution is -2.16. The number of hydrogen-bond donors (Lipinski definition) is 1. The van der Waals surface area contributed by atoms with Gasteiger partial charge in [-0.3, -0.25) is 4.79 Å². The second-order valence-electron chi connectivity index (χ2n) is 4.13. The summed E-state index contributed by atoms with van der Waals surface area (Å²) >= 11 is 0. The van der Waals surface area contributed by atoms with Gasteiger partial charge >= 0.3 is 6.61 Å². The number of amides is 1. The molecular weight excluding hydrogens is 247 g/mol. The van der Waals surface area contributed by atoms with E-state index in [1.165, 1.54) is 6.07 Å². The summed E-state index contributed by atoms with van der Waals surface area (Å²) in [5, 5.41) is 0. The van der Waals surface area contributed by atoms with E-state index in [-0.39, 0.29) is 17.9 Å². The normalized spacial score (nSPS) is 11.1. The molecule has 18 heavy (non-hydrogen) atoms. The summed E-state index contributed by atoms with van der Waals surface area (Å²) < 4.78 is 42.2. The summed E-state index contributed by atoms with van der Waals surface area (Å²) in [5.41, 5.74) is 5.61. The quantitative estimate of drug-likeness (QED) is 0.885. The topological polar surface area (TPSA) is 52.3 Å². The van der Waals surface area contributed by atoms with Gasteiger partial charge in [-0.2, -0.15) is 8.78 Å². The zero-order chi connectivity index (χ0) is 13.9. The summed E-state index contributed by atoms with van der Waals surface area (Å²) in [4.78, 5) is 10.9. The summed E-state index contributed by atoms with van der Waals surface area (Å²) in [5.74, 6) is -2.29. The van der Waals surface area contributed by atoms with Crippen LogP contribution in [0.15, 0.2) is 12.1 Å². The van der Waals surface area contributed by atoms with E-state index < -0.39 is 24.1 Å². The highest BCUT2D eigenvalue weighted by atomic mass is 19.3. The maximum absolute atomic E-state index is 14.0. The van der Waals surface area contributed by atoms with Crippen LogP contribution in [0.25, 0.3) is 0 Å². The Labute approximate surface area is 103 Å². The molecule has 0 aromatic heterocycles. The van der Waals surface area contributed by atoms with Crippen molar-refractivity contribution in [2.75, 3.05) is 0 Å². The van der Waals surface area contributed by atoms with E-state index in [2.05, 4.69) is 4.74 Å². The molecule has 0 atom stereocenters. The lowest BCUT2D eigenvalue weighted by Gasteiger charge is -2.16. The van der Waals surface area contributed by atoms with Crippen molar-refractivity contribution in [1.29, 1.82) is 0 Å². The van der Waals surface area contributed by atoms with Crippen LogP contribution in [0.5, 0.6) is 5.75 Å². The summed E-state index contributed by atoms with van der Waals surface area (Å²) in [7, 11) is 0. The highest BCUT2D eigenvalue weighted by Crippen LogP contribution is 2.30. The second-order valence-corrected chi connectivity index (χ2v) is 4.13. The van der Waals surface area contributed by atoms with Crippen molar-refractivity contribution in [2.24, 2.45) is 5.73 Å². The molecule has 0 unspecified atom stereocenters. The largest absolute Gasteiger partial charge is 0.432 e. The van der Waals surface area contributed by atoms with Crippen LogP contribution >= 0.6 is 0 Å². The monoisotopic (exact) mass is 261 g/mol. The number of benzene rings is 1. The Balaban J connectivity index is 3.23. The average Bonchev–Trinajstić information content (AvgIpc) is 2.20. The molecule has 0 heterocycles. The van der Waals surface area contributed by atoms with Gasteiger partial charge in [-0.25, -0.2) is 4.39 Å². The molecule has 0 bridgehead atoms. The van der Waals surface area contributed by atoms with Crippen LogP contribution in [0.2, 0.25) is 0 Å². The van der Waals surface area contributed by atoms with E-state index in [4.69, 9.17) is 5.73 Å². The Bertz CT molecular complexity index is 447. The molecule has 0 aliphatic carbocycles. The first-order valence-electron chi connectivity index (χ1n) is 5.37. The van der Waals surface area contributed by atoms with Gasteiger partial charge in [-0.05, 0) is 23.1 Å². The Morgan fingerprint density at radius 2 is 2.00 bits per heavy atom. The molecule has 3 nitrogen and oxygen atoms in total. The molecule has 1 aromatic rings. The molecule has 2 N–H and O–H groups in total. The van der Waals surface area contributed by atoms with E-state index in [0.29, 0.717) is 5.56 Å². The Hall–Kier alpha value is -1.72. The van der Waals surface area contributed by atoms with Gasteiger partial charge in [0, 0.05) is 0 Å². The number of halogens is 3. The van der Waals surface area contributed by atoms with E-state index in [1.54, 1.807) is 13.8 Å². The molecule has 0 aliphatic rings. The third kappa shape index (κ3) is 3.38. The number of ether oxygens (including phenoxy) is 1. The highest BCUT2D eigenvalue weighted by molar-refractivity contribution is 5.77. The molecule has 0 saturated heterocycles. The number of primary amides is 1. The fourth-order valence-corrected chi connectivity index (χ4v) is 1.77. The SMILES string of the molecule is CC(C)c1c(CC(N)=O)ccc(OC(F)F)c1F. The third-order valence-electron chi connectivity index (χ3n) is 2.39. The first-order valence-corrected chi connectivity index (χ1v) is 5.37. The number of hydrogen-bond acceptors (Lipinski definition) is 2. The second kappa shape index (κ2) is 5.75. The van der Waals surface area contributed by atoms with Crippen molar-refractivity contribution in [2.45, 2.75) is 32.8 Å². The van der Waals surface area contributed by atoms with Crippen molar-refractivity contribution in [3.8, 4) is 5.75 Å². The summed E-state index contributed by atoms with van der Waals surface area (Å²) in [6.45, 7) is 0.283. The number of nitrogens with two attached hydrogens (primary N) is 1. The maximum atomic E-state index is 14.0. The molecule has 0 aliphatic heterocycles. The number of alkyl halides is 2. The fourth-order valence-electron chi connectivity index (χ4n) is 1.77. The van der Waals surface area contributed by atoms with Crippen LogP contribution in [-0.4, -0.2) is 12.5 Å². The molecule has 6 heteroatoms. The summed E-state index contributed by atoms with van der Waals surface area (Å²) in [6.07, 6.45) is -0.139. The molecule has 0 fully saturated rings.